The van der Waals surface area contributed by atoms with Crippen LogP contribution in [0.25, 0.3) is 0 Å². The number of nitrogens with one attached hydrogen (secondary N) is 1. The van der Waals surface area contributed by atoms with E-state index in [4.69, 9.17) is 4.84 Å². The Kier molecular flexibility index (Phi) is 4.18. The number of nitrogens with zero attached hydrogens (tertiary/aromatic N) is 1. The minimum absolute atomic E-state index is 0.0886. The molecule has 4 heteroatoms. The van der Waals surface area contributed by atoms with E-state index in [2.05, 4.69) is 19.2 Å². The van der Waals surface area contributed by atoms with Crippen molar-refractivity contribution in [2.45, 2.75) is 32.7 Å². The molecule has 0 radical (unpaired) electrons. The van der Waals surface area contributed by atoms with Gasteiger partial charge in [0.05, 0.1) is 13.2 Å². The quantitative estimate of drug-likeness (QED) is 0.696. The van der Waals surface area contributed by atoms with E-state index in [0.717, 1.165) is 19.5 Å². The molecule has 1 fully saturated rings. The maximum absolute atomic E-state index is 11.4. The molecule has 0 aromatic heterocycles. The highest BCUT2D eigenvalue weighted by Gasteiger charge is 2.18. The molecule has 1 rings (SSSR count). The van der Waals surface area contributed by atoms with Crippen molar-refractivity contribution in [3.05, 3.63) is 0 Å². The van der Waals surface area contributed by atoms with Crippen LogP contribution in [-0.4, -0.2) is 36.7 Å². The van der Waals surface area contributed by atoms with Gasteiger partial charge in [0.15, 0.2) is 0 Å². The maximum Gasteiger partial charge on any atom is 0.247 e. The number of carbonyl (C=O) groups is 1. The molecule has 0 bridgehead atoms. The van der Waals surface area contributed by atoms with E-state index in [0.29, 0.717) is 19.1 Å². The second-order valence-electron chi connectivity index (χ2n) is 3.54. The van der Waals surface area contributed by atoms with Gasteiger partial charge in [-0.3, -0.25) is 9.63 Å². The number of amides is 1. The number of rotatable bonds is 4. The van der Waals surface area contributed by atoms with Crippen molar-refractivity contribution >= 4 is 5.91 Å². The Labute approximate surface area is 79.2 Å². The number of hydrogen-bond donors (Lipinski definition) is 1. The van der Waals surface area contributed by atoms with Gasteiger partial charge < -0.3 is 5.32 Å². The Morgan fingerprint density at radius 3 is 2.92 bits per heavy atom. The zero-order valence-electron chi connectivity index (χ0n) is 8.38. The summed E-state index contributed by atoms with van der Waals surface area (Å²) in [5.74, 6) is 0.0886. The fourth-order valence-electron chi connectivity index (χ4n) is 1.24. The highest BCUT2D eigenvalue weighted by atomic mass is 16.7. The zero-order chi connectivity index (χ0) is 9.68. The molecular formula is C9H18N2O2. The van der Waals surface area contributed by atoms with Crippen molar-refractivity contribution in [2.75, 3.05) is 19.7 Å². The van der Waals surface area contributed by atoms with E-state index in [1.807, 2.05) is 0 Å². The van der Waals surface area contributed by atoms with Crippen molar-refractivity contribution in [1.29, 1.82) is 0 Å². The maximum atomic E-state index is 11.4. The first kappa shape index (κ1) is 10.5. The summed E-state index contributed by atoms with van der Waals surface area (Å²) in [6.45, 7) is 6.30. The molecule has 1 saturated heterocycles. The molecule has 0 saturated carbocycles. The third kappa shape index (κ3) is 3.74. The van der Waals surface area contributed by atoms with Gasteiger partial charge in [-0.05, 0) is 6.42 Å². The summed E-state index contributed by atoms with van der Waals surface area (Å²) in [4.78, 5) is 16.5. The first-order valence-electron chi connectivity index (χ1n) is 4.87. The van der Waals surface area contributed by atoms with Gasteiger partial charge in [0, 0.05) is 19.0 Å². The lowest BCUT2D eigenvalue weighted by atomic mass is 10.3. The van der Waals surface area contributed by atoms with E-state index >= 15 is 0 Å². The van der Waals surface area contributed by atoms with Crippen LogP contribution in [0.3, 0.4) is 0 Å². The lowest BCUT2D eigenvalue weighted by Gasteiger charge is -2.14. The molecular weight excluding hydrogens is 168 g/mol. The molecule has 13 heavy (non-hydrogen) atoms. The predicted molar refractivity (Wildman–Crippen MR) is 50.0 cm³/mol. The van der Waals surface area contributed by atoms with E-state index in [1.54, 1.807) is 0 Å². The molecule has 1 N–H and O–H groups in total. The van der Waals surface area contributed by atoms with Crippen molar-refractivity contribution in [3.63, 3.8) is 0 Å². The number of hydrogen-bond acceptors (Lipinski definition) is 3. The Morgan fingerprint density at radius 2 is 2.38 bits per heavy atom. The van der Waals surface area contributed by atoms with E-state index < -0.39 is 0 Å². The molecule has 4 nitrogen and oxygen atoms in total. The van der Waals surface area contributed by atoms with Crippen LogP contribution >= 0.6 is 0 Å². The molecule has 0 spiro atoms. The van der Waals surface area contributed by atoms with Crippen LogP contribution in [0.5, 0.6) is 0 Å². The van der Waals surface area contributed by atoms with Crippen molar-refractivity contribution in [2.24, 2.45) is 0 Å². The van der Waals surface area contributed by atoms with Gasteiger partial charge in [0.25, 0.3) is 0 Å². The predicted octanol–water partition coefficient (Wildman–Crippen LogP) is 0.538. The second kappa shape index (κ2) is 5.19. The van der Waals surface area contributed by atoms with Gasteiger partial charge in [-0.25, -0.2) is 5.06 Å². The number of hydroxylamine groups is 2. The lowest BCUT2D eigenvalue weighted by molar-refractivity contribution is -0.168. The molecule has 1 heterocycles. The summed E-state index contributed by atoms with van der Waals surface area (Å²) in [5, 5.41) is 4.67. The Bertz CT molecular complexity index is 165. The Hall–Kier alpha value is -0.610. The smallest absolute Gasteiger partial charge is 0.247 e. The summed E-state index contributed by atoms with van der Waals surface area (Å²) in [6, 6.07) is 0.437. The SMILES string of the molecule is CC(C)NCCC(=O)N1CCCO1. The second-order valence-corrected chi connectivity index (χ2v) is 3.54. The molecule has 76 valence electrons. The van der Waals surface area contributed by atoms with E-state index in [1.165, 1.54) is 5.06 Å². The molecule has 0 aliphatic carbocycles. The third-order valence-corrected chi connectivity index (χ3v) is 1.92. The number of carbonyl (C=O) groups excluding carboxylic acids is 1. The van der Waals surface area contributed by atoms with Crippen LogP contribution in [0.15, 0.2) is 0 Å². The van der Waals surface area contributed by atoms with Crippen LogP contribution in [0.4, 0.5) is 0 Å². The van der Waals surface area contributed by atoms with Gasteiger partial charge in [-0.1, -0.05) is 13.8 Å². The third-order valence-electron chi connectivity index (χ3n) is 1.92. The first-order chi connectivity index (χ1) is 6.20. The van der Waals surface area contributed by atoms with E-state index in [9.17, 15) is 4.79 Å². The van der Waals surface area contributed by atoms with Crippen molar-refractivity contribution < 1.29 is 9.63 Å². The minimum atomic E-state index is 0.0886. The summed E-state index contributed by atoms with van der Waals surface area (Å²) < 4.78 is 0. The normalized spacial score (nSPS) is 17.0. The van der Waals surface area contributed by atoms with Crippen molar-refractivity contribution in [3.8, 4) is 0 Å². The van der Waals surface area contributed by atoms with Gasteiger partial charge in [0.1, 0.15) is 0 Å². The molecule has 1 aliphatic rings. The first-order valence-corrected chi connectivity index (χ1v) is 4.87. The average molecular weight is 186 g/mol. The summed E-state index contributed by atoms with van der Waals surface area (Å²) in [5.41, 5.74) is 0. The van der Waals surface area contributed by atoms with Crippen LogP contribution in [0.2, 0.25) is 0 Å². The molecule has 0 aromatic rings. The van der Waals surface area contributed by atoms with Crippen molar-refractivity contribution in [1.82, 2.24) is 10.4 Å². The Balaban J connectivity index is 2.10. The largest absolute Gasteiger partial charge is 0.314 e. The molecule has 0 atom stereocenters. The summed E-state index contributed by atoms with van der Waals surface area (Å²) in [7, 11) is 0. The van der Waals surface area contributed by atoms with Gasteiger partial charge in [-0.15, -0.1) is 0 Å². The monoisotopic (exact) mass is 186 g/mol. The van der Waals surface area contributed by atoms with Gasteiger partial charge in [-0.2, -0.15) is 0 Å². The molecule has 1 amide bonds. The van der Waals surface area contributed by atoms with Gasteiger partial charge >= 0.3 is 0 Å². The topological polar surface area (TPSA) is 41.6 Å². The average Bonchev–Trinajstić information content (AvgIpc) is 2.55. The highest BCUT2D eigenvalue weighted by molar-refractivity contribution is 5.75. The fraction of sp³-hybridized carbons (Fsp3) is 0.889. The molecule has 0 unspecified atom stereocenters. The van der Waals surface area contributed by atoms with Crippen LogP contribution in [0, 0.1) is 0 Å². The zero-order valence-corrected chi connectivity index (χ0v) is 8.38. The van der Waals surface area contributed by atoms with Gasteiger partial charge in [0.2, 0.25) is 5.91 Å². The summed E-state index contributed by atoms with van der Waals surface area (Å²) in [6.07, 6.45) is 1.49. The van der Waals surface area contributed by atoms with E-state index in [-0.39, 0.29) is 5.91 Å². The lowest BCUT2D eigenvalue weighted by Crippen LogP contribution is -2.31. The highest BCUT2D eigenvalue weighted by Crippen LogP contribution is 2.05. The standard InChI is InChI=1S/C9H18N2O2/c1-8(2)10-5-4-9(12)11-6-3-7-13-11/h8,10H,3-7H2,1-2H3. The Morgan fingerprint density at radius 1 is 1.62 bits per heavy atom. The molecule has 1 aliphatic heterocycles. The fourth-order valence-corrected chi connectivity index (χ4v) is 1.24. The summed E-state index contributed by atoms with van der Waals surface area (Å²) >= 11 is 0. The van der Waals surface area contributed by atoms with Crippen LogP contribution < -0.4 is 5.32 Å². The molecule has 0 aromatic carbocycles. The van der Waals surface area contributed by atoms with Crippen LogP contribution in [-0.2, 0) is 9.63 Å². The van der Waals surface area contributed by atoms with Crippen LogP contribution in [0.1, 0.15) is 26.7 Å². The minimum Gasteiger partial charge on any atom is -0.314 e.